The van der Waals surface area contributed by atoms with E-state index in [2.05, 4.69) is 12.2 Å². The summed E-state index contributed by atoms with van der Waals surface area (Å²) in [6, 6.07) is 0. The Balaban J connectivity index is 2.06. The lowest BCUT2D eigenvalue weighted by molar-refractivity contribution is 0.0873. The van der Waals surface area contributed by atoms with Gasteiger partial charge in [0.25, 0.3) is 0 Å². The van der Waals surface area contributed by atoms with Crippen LogP contribution in [0.15, 0.2) is 0 Å². The van der Waals surface area contributed by atoms with Crippen molar-refractivity contribution in [3.63, 3.8) is 0 Å². The van der Waals surface area contributed by atoms with Crippen molar-refractivity contribution < 1.29 is 9.13 Å². The Bertz CT molecular complexity index is 132. The lowest BCUT2D eigenvalue weighted by atomic mass is 10.00. The zero-order valence-electron chi connectivity index (χ0n) is 8.39. The summed E-state index contributed by atoms with van der Waals surface area (Å²) >= 11 is 0. The molecule has 2 atom stereocenters. The van der Waals surface area contributed by atoms with E-state index < -0.39 is 0 Å². The third-order valence-electron chi connectivity index (χ3n) is 2.64. The number of halogens is 1. The molecule has 78 valence electrons. The van der Waals surface area contributed by atoms with Crippen LogP contribution in [0, 0.1) is 5.92 Å². The molecule has 1 fully saturated rings. The number of nitrogens with one attached hydrogen (secondary N) is 1. The van der Waals surface area contributed by atoms with Crippen LogP contribution in [0.4, 0.5) is 4.39 Å². The van der Waals surface area contributed by atoms with E-state index in [4.69, 9.17) is 4.74 Å². The van der Waals surface area contributed by atoms with Crippen molar-refractivity contribution in [3.05, 3.63) is 0 Å². The van der Waals surface area contributed by atoms with E-state index in [1.54, 1.807) is 0 Å². The van der Waals surface area contributed by atoms with Gasteiger partial charge in [0.2, 0.25) is 0 Å². The minimum Gasteiger partial charge on any atom is -0.378 e. The van der Waals surface area contributed by atoms with Gasteiger partial charge in [0.05, 0.1) is 12.8 Å². The monoisotopic (exact) mass is 189 g/mol. The average molecular weight is 189 g/mol. The molecular formula is C10H20FNO. The van der Waals surface area contributed by atoms with E-state index in [0.29, 0.717) is 18.4 Å². The summed E-state index contributed by atoms with van der Waals surface area (Å²) in [7, 11) is 0. The van der Waals surface area contributed by atoms with E-state index in [0.717, 1.165) is 32.5 Å². The molecule has 0 saturated carbocycles. The predicted molar refractivity (Wildman–Crippen MR) is 51.6 cm³/mol. The maximum atomic E-state index is 11.8. The van der Waals surface area contributed by atoms with Gasteiger partial charge in [0.15, 0.2) is 0 Å². The number of hydrogen-bond acceptors (Lipinski definition) is 2. The fraction of sp³-hybridized carbons (Fsp3) is 1.00. The first-order chi connectivity index (χ1) is 6.38. The molecule has 0 aromatic rings. The Morgan fingerprint density at radius 1 is 1.54 bits per heavy atom. The van der Waals surface area contributed by atoms with E-state index >= 15 is 0 Å². The second-order valence-corrected chi connectivity index (χ2v) is 3.61. The molecule has 1 N–H and O–H groups in total. The van der Waals surface area contributed by atoms with E-state index in [1.807, 2.05) is 0 Å². The molecule has 2 unspecified atom stereocenters. The first-order valence-electron chi connectivity index (χ1n) is 5.26. The third-order valence-corrected chi connectivity index (χ3v) is 2.64. The molecule has 13 heavy (non-hydrogen) atoms. The zero-order valence-corrected chi connectivity index (χ0v) is 8.39. The Hall–Kier alpha value is -0.150. The number of ether oxygens (including phenoxy) is 1. The van der Waals surface area contributed by atoms with Gasteiger partial charge < -0.3 is 10.1 Å². The molecule has 1 saturated heterocycles. The standard InChI is InChI=1S/C10H20FNO/c1-2-10-9(4-7-13-10)8-12-6-3-5-11/h9-10,12H,2-8H2,1H3. The van der Waals surface area contributed by atoms with Gasteiger partial charge in [-0.1, -0.05) is 6.92 Å². The molecule has 0 spiro atoms. The van der Waals surface area contributed by atoms with Crippen molar-refractivity contribution in [2.45, 2.75) is 32.3 Å². The van der Waals surface area contributed by atoms with Crippen molar-refractivity contribution in [1.82, 2.24) is 5.32 Å². The van der Waals surface area contributed by atoms with Crippen molar-refractivity contribution in [1.29, 1.82) is 0 Å². The maximum absolute atomic E-state index is 11.8. The van der Waals surface area contributed by atoms with Gasteiger partial charge in [0.1, 0.15) is 0 Å². The van der Waals surface area contributed by atoms with Crippen LogP contribution in [0.2, 0.25) is 0 Å². The van der Waals surface area contributed by atoms with Gasteiger partial charge in [0, 0.05) is 13.2 Å². The average Bonchev–Trinajstić information content (AvgIpc) is 2.60. The molecule has 2 nitrogen and oxygen atoms in total. The molecule has 1 heterocycles. The molecule has 1 rings (SSSR count). The molecule has 1 aliphatic heterocycles. The van der Waals surface area contributed by atoms with Crippen molar-refractivity contribution in [3.8, 4) is 0 Å². The van der Waals surface area contributed by atoms with Crippen LogP contribution in [0.1, 0.15) is 26.2 Å². The van der Waals surface area contributed by atoms with Crippen LogP contribution >= 0.6 is 0 Å². The molecular weight excluding hydrogens is 169 g/mol. The van der Waals surface area contributed by atoms with Gasteiger partial charge in [-0.2, -0.15) is 0 Å². The van der Waals surface area contributed by atoms with Gasteiger partial charge in [-0.05, 0) is 31.7 Å². The number of rotatable bonds is 6. The molecule has 0 radical (unpaired) electrons. The van der Waals surface area contributed by atoms with Crippen LogP contribution in [-0.4, -0.2) is 32.5 Å². The highest BCUT2D eigenvalue weighted by molar-refractivity contribution is 4.76. The summed E-state index contributed by atoms with van der Waals surface area (Å²) in [5.74, 6) is 0.643. The Morgan fingerprint density at radius 3 is 3.08 bits per heavy atom. The van der Waals surface area contributed by atoms with Crippen molar-refractivity contribution >= 4 is 0 Å². The lowest BCUT2D eigenvalue weighted by Gasteiger charge is -2.16. The maximum Gasteiger partial charge on any atom is 0.0906 e. The highest BCUT2D eigenvalue weighted by Crippen LogP contribution is 2.22. The highest BCUT2D eigenvalue weighted by Gasteiger charge is 2.25. The summed E-state index contributed by atoms with van der Waals surface area (Å²) in [4.78, 5) is 0. The third kappa shape index (κ3) is 3.61. The highest BCUT2D eigenvalue weighted by atomic mass is 19.1. The quantitative estimate of drug-likeness (QED) is 0.643. The largest absolute Gasteiger partial charge is 0.378 e. The predicted octanol–water partition coefficient (Wildman–Crippen LogP) is 1.75. The molecule has 0 aliphatic carbocycles. The van der Waals surface area contributed by atoms with Gasteiger partial charge >= 0.3 is 0 Å². The SMILES string of the molecule is CCC1OCCC1CNCCCF. The van der Waals surface area contributed by atoms with Crippen LogP contribution in [0.5, 0.6) is 0 Å². The second-order valence-electron chi connectivity index (χ2n) is 3.61. The lowest BCUT2D eigenvalue weighted by Crippen LogP contribution is -2.29. The Labute approximate surface area is 79.8 Å². The molecule has 3 heteroatoms. The summed E-state index contributed by atoms with van der Waals surface area (Å²) in [5.41, 5.74) is 0. The van der Waals surface area contributed by atoms with Crippen LogP contribution in [0.25, 0.3) is 0 Å². The van der Waals surface area contributed by atoms with E-state index in [1.165, 1.54) is 0 Å². The van der Waals surface area contributed by atoms with Crippen molar-refractivity contribution in [2.24, 2.45) is 5.92 Å². The number of hydrogen-bond donors (Lipinski definition) is 1. The van der Waals surface area contributed by atoms with E-state index in [9.17, 15) is 4.39 Å². The number of alkyl halides is 1. The van der Waals surface area contributed by atoms with Crippen LogP contribution < -0.4 is 5.32 Å². The Kier molecular flexibility index (Phi) is 5.32. The minimum absolute atomic E-state index is 0.217. The molecule has 0 amide bonds. The molecule has 1 aliphatic rings. The molecule has 0 bridgehead atoms. The fourth-order valence-corrected chi connectivity index (χ4v) is 1.86. The van der Waals surface area contributed by atoms with Crippen LogP contribution in [-0.2, 0) is 4.74 Å². The smallest absolute Gasteiger partial charge is 0.0906 e. The summed E-state index contributed by atoms with van der Waals surface area (Å²) < 4.78 is 17.3. The molecule has 0 aromatic carbocycles. The fourth-order valence-electron chi connectivity index (χ4n) is 1.86. The van der Waals surface area contributed by atoms with E-state index in [-0.39, 0.29) is 6.67 Å². The minimum atomic E-state index is -0.217. The Morgan fingerprint density at radius 2 is 2.38 bits per heavy atom. The van der Waals surface area contributed by atoms with Crippen molar-refractivity contribution in [2.75, 3.05) is 26.4 Å². The topological polar surface area (TPSA) is 21.3 Å². The van der Waals surface area contributed by atoms with Crippen LogP contribution in [0.3, 0.4) is 0 Å². The first-order valence-corrected chi connectivity index (χ1v) is 5.26. The summed E-state index contributed by atoms with van der Waals surface area (Å²) in [5, 5.41) is 3.27. The first kappa shape index (κ1) is 10.9. The normalized spacial score (nSPS) is 28.2. The van der Waals surface area contributed by atoms with Gasteiger partial charge in [-0.15, -0.1) is 0 Å². The second kappa shape index (κ2) is 6.33. The van der Waals surface area contributed by atoms with Gasteiger partial charge in [-0.3, -0.25) is 4.39 Å². The summed E-state index contributed by atoms with van der Waals surface area (Å²) in [6.45, 7) is 4.62. The summed E-state index contributed by atoms with van der Waals surface area (Å²) in [6.07, 6.45) is 3.30. The van der Waals surface area contributed by atoms with Gasteiger partial charge in [-0.25, -0.2) is 0 Å². The zero-order chi connectivity index (χ0) is 9.52. The molecule has 0 aromatic heterocycles.